The summed E-state index contributed by atoms with van der Waals surface area (Å²) in [5, 5.41) is 0. The first-order chi connectivity index (χ1) is 10.7. The third-order valence-electron chi connectivity index (χ3n) is 5.35. The van der Waals surface area contributed by atoms with Crippen LogP contribution in [0.1, 0.15) is 54.6 Å². The highest BCUT2D eigenvalue weighted by atomic mass is 19.2. The van der Waals surface area contributed by atoms with E-state index in [9.17, 15) is 8.78 Å². The number of halogens is 2. The highest BCUT2D eigenvalue weighted by Gasteiger charge is 2.42. The number of pyridine rings is 1. The lowest BCUT2D eigenvalue weighted by molar-refractivity contribution is 0.291. The summed E-state index contributed by atoms with van der Waals surface area (Å²) in [7, 11) is 0. The maximum Gasteiger partial charge on any atom is 0.159 e. The summed E-state index contributed by atoms with van der Waals surface area (Å²) >= 11 is 0. The standard InChI is InChI=1S/C19H19F2N/c20-15-8-7-14(12-16(15)21)19(10-3-11-19)18-9-6-13-4-1-2-5-17(13)22-18/h6-9,12H,1-5,10-11H2. The number of nitrogens with zero attached hydrogens (tertiary/aromatic N) is 1. The van der Waals surface area contributed by atoms with Gasteiger partial charge >= 0.3 is 0 Å². The lowest BCUT2D eigenvalue weighted by Crippen LogP contribution is -2.37. The van der Waals surface area contributed by atoms with Gasteiger partial charge < -0.3 is 0 Å². The second kappa shape index (κ2) is 5.15. The van der Waals surface area contributed by atoms with Gasteiger partial charge in [-0.15, -0.1) is 0 Å². The molecule has 22 heavy (non-hydrogen) atoms. The number of benzene rings is 1. The molecule has 1 heterocycles. The van der Waals surface area contributed by atoms with E-state index in [0.29, 0.717) is 0 Å². The molecule has 0 N–H and O–H groups in total. The molecule has 0 aliphatic heterocycles. The van der Waals surface area contributed by atoms with Crippen LogP contribution in [0, 0.1) is 11.6 Å². The van der Waals surface area contributed by atoms with Crippen molar-refractivity contribution in [2.24, 2.45) is 0 Å². The Balaban J connectivity index is 1.79. The monoisotopic (exact) mass is 299 g/mol. The van der Waals surface area contributed by atoms with E-state index in [1.807, 2.05) is 0 Å². The minimum atomic E-state index is -0.781. The Labute approximate surface area is 129 Å². The van der Waals surface area contributed by atoms with Crippen LogP contribution < -0.4 is 0 Å². The molecule has 0 unspecified atom stereocenters. The van der Waals surface area contributed by atoms with Crippen molar-refractivity contribution in [3.63, 3.8) is 0 Å². The molecule has 0 amide bonds. The summed E-state index contributed by atoms with van der Waals surface area (Å²) in [4.78, 5) is 4.92. The van der Waals surface area contributed by atoms with Gasteiger partial charge in [0.1, 0.15) is 0 Å². The molecule has 2 aromatic rings. The molecule has 2 aliphatic carbocycles. The van der Waals surface area contributed by atoms with Crippen molar-refractivity contribution in [3.8, 4) is 0 Å². The molecule has 1 saturated carbocycles. The number of rotatable bonds is 2. The van der Waals surface area contributed by atoms with Crippen LogP contribution in [0.3, 0.4) is 0 Å². The Hall–Kier alpha value is -1.77. The average Bonchev–Trinajstić information content (AvgIpc) is 2.50. The molecule has 1 aromatic carbocycles. The maximum absolute atomic E-state index is 13.7. The molecule has 1 aromatic heterocycles. The van der Waals surface area contributed by atoms with E-state index < -0.39 is 11.6 Å². The molecule has 2 aliphatic rings. The zero-order valence-corrected chi connectivity index (χ0v) is 12.5. The van der Waals surface area contributed by atoms with Crippen LogP contribution >= 0.6 is 0 Å². The van der Waals surface area contributed by atoms with Gasteiger partial charge in [-0.3, -0.25) is 4.98 Å². The van der Waals surface area contributed by atoms with Gasteiger partial charge in [0.15, 0.2) is 11.6 Å². The Morgan fingerprint density at radius 2 is 1.68 bits per heavy atom. The zero-order valence-electron chi connectivity index (χ0n) is 12.5. The van der Waals surface area contributed by atoms with Crippen molar-refractivity contribution in [1.29, 1.82) is 0 Å². The molecule has 1 nitrogen and oxygen atoms in total. The molecule has 0 spiro atoms. The zero-order chi connectivity index (χ0) is 15.2. The van der Waals surface area contributed by atoms with Crippen molar-refractivity contribution in [2.45, 2.75) is 50.4 Å². The first-order valence-electron chi connectivity index (χ1n) is 8.14. The van der Waals surface area contributed by atoms with Crippen LogP contribution in [0.15, 0.2) is 30.3 Å². The van der Waals surface area contributed by atoms with Crippen LogP contribution in [-0.4, -0.2) is 4.98 Å². The van der Waals surface area contributed by atoms with Gasteiger partial charge in [-0.2, -0.15) is 0 Å². The number of aryl methyl sites for hydroxylation is 2. The molecular weight excluding hydrogens is 280 g/mol. The van der Waals surface area contributed by atoms with Gasteiger partial charge in [0, 0.05) is 11.1 Å². The predicted molar refractivity (Wildman–Crippen MR) is 81.9 cm³/mol. The largest absolute Gasteiger partial charge is 0.257 e. The Morgan fingerprint density at radius 1 is 0.864 bits per heavy atom. The van der Waals surface area contributed by atoms with Gasteiger partial charge in [0.05, 0.1) is 5.69 Å². The van der Waals surface area contributed by atoms with E-state index in [-0.39, 0.29) is 5.41 Å². The molecular formula is C19H19F2N. The van der Waals surface area contributed by atoms with E-state index >= 15 is 0 Å². The molecule has 1 fully saturated rings. The van der Waals surface area contributed by atoms with Crippen molar-refractivity contribution in [1.82, 2.24) is 4.98 Å². The molecule has 3 heteroatoms. The number of fused-ring (bicyclic) bond motifs is 1. The smallest absolute Gasteiger partial charge is 0.159 e. The van der Waals surface area contributed by atoms with Crippen molar-refractivity contribution < 1.29 is 8.78 Å². The highest BCUT2D eigenvalue weighted by molar-refractivity contribution is 5.41. The summed E-state index contributed by atoms with van der Waals surface area (Å²) in [5.41, 5.74) is 4.24. The maximum atomic E-state index is 13.7. The highest BCUT2D eigenvalue weighted by Crippen LogP contribution is 2.48. The molecule has 0 radical (unpaired) electrons. The van der Waals surface area contributed by atoms with Gasteiger partial charge in [-0.25, -0.2) is 8.78 Å². The van der Waals surface area contributed by atoms with E-state index in [1.165, 1.54) is 36.2 Å². The number of hydrogen-bond acceptors (Lipinski definition) is 1. The van der Waals surface area contributed by atoms with Crippen LogP contribution in [0.25, 0.3) is 0 Å². The Morgan fingerprint density at radius 3 is 2.41 bits per heavy atom. The van der Waals surface area contributed by atoms with E-state index in [2.05, 4.69) is 12.1 Å². The van der Waals surface area contributed by atoms with Crippen LogP contribution in [-0.2, 0) is 18.3 Å². The Bertz CT molecular complexity index is 719. The third kappa shape index (κ3) is 2.06. The van der Waals surface area contributed by atoms with E-state index in [1.54, 1.807) is 6.07 Å². The van der Waals surface area contributed by atoms with E-state index in [4.69, 9.17) is 4.98 Å². The number of hydrogen-bond donors (Lipinski definition) is 0. The second-order valence-corrected chi connectivity index (χ2v) is 6.57. The lowest BCUT2D eigenvalue weighted by atomic mass is 9.62. The second-order valence-electron chi connectivity index (χ2n) is 6.57. The average molecular weight is 299 g/mol. The normalized spacial score (nSPS) is 19.4. The summed E-state index contributed by atoms with van der Waals surface area (Å²) in [6, 6.07) is 8.61. The van der Waals surface area contributed by atoms with Gasteiger partial charge in [-0.1, -0.05) is 18.6 Å². The van der Waals surface area contributed by atoms with Crippen LogP contribution in [0.2, 0.25) is 0 Å². The van der Waals surface area contributed by atoms with Gasteiger partial charge in [0.25, 0.3) is 0 Å². The lowest BCUT2D eigenvalue weighted by Gasteiger charge is -2.42. The molecule has 0 bridgehead atoms. The van der Waals surface area contributed by atoms with Crippen LogP contribution in [0.5, 0.6) is 0 Å². The van der Waals surface area contributed by atoms with Gasteiger partial charge in [0.2, 0.25) is 0 Å². The van der Waals surface area contributed by atoms with Crippen molar-refractivity contribution in [3.05, 3.63) is 64.5 Å². The quantitative estimate of drug-likeness (QED) is 0.782. The van der Waals surface area contributed by atoms with Crippen molar-refractivity contribution >= 4 is 0 Å². The van der Waals surface area contributed by atoms with Crippen molar-refractivity contribution in [2.75, 3.05) is 0 Å². The minimum Gasteiger partial charge on any atom is -0.257 e. The topological polar surface area (TPSA) is 12.9 Å². The minimum absolute atomic E-state index is 0.221. The van der Waals surface area contributed by atoms with Crippen LogP contribution in [0.4, 0.5) is 8.78 Å². The molecule has 0 saturated heterocycles. The Kier molecular flexibility index (Phi) is 3.24. The first-order valence-corrected chi connectivity index (χ1v) is 8.14. The molecule has 4 rings (SSSR count). The summed E-state index contributed by atoms with van der Waals surface area (Å²) in [6.07, 6.45) is 7.62. The summed E-state index contributed by atoms with van der Waals surface area (Å²) < 4.78 is 26.9. The van der Waals surface area contributed by atoms with E-state index in [0.717, 1.165) is 43.4 Å². The SMILES string of the molecule is Fc1ccc(C2(c3ccc4c(n3)CCCC4)CCC2)cc1F. The predicted octanol–water partition coefficient (Wildman–Crippen LogP) is 4.71. The first kappa shape index (κ1) is 13.9. The fourth-order valence-corrected chi connectivity index (χ4v) is 3.87. The summed E-state index contributed by atoms with van der Waals surface area (Å²) in [5.74, 6) is -1.54. The molecule has 114 valence electrons. The summed E-state index contributed by atoms with van der Waals surface area (Å²) in [6.45, 7) is 0. The molecule has 0 atom stereocenters. The third-order valence-corrected chi connectivity index (χ3v) is 5.35. The fourth-order valence-electron chi connectivity index (χ4n) is 3.87. The number of aromatic nitrogens is 1. The fraction of sp³-hybridized carbons (Fsp3) is 0.421. The van der Waals surface area contributed by atoms with Gasteiger partial charge in [-0.05, 0) is 67.9 Å².